The molecule has 0 saturated carbocycles. The lowest BCUT2D eigenvalue weighted by Crippen LogP contribution is -2.39. The molecule has 2 aromatic heterocycles. The maximum absolute atomic E-state index is 13.5. The Morgan fingerprint density at radius 3 is 2.45 bits per heavy atom. The monoisotopic (exact) mass is 429 g/mol. The van der Waals surface area contributed by atoms with Gasteiger partial charge in [0.2, 0.25) is 0 Å². The van der Waals surface area contributed by atoms with Crippen LogP contribution in [0.1, 0.15) is 18.5 Å². The Kier molecular flexibility index (Phi) is 5.92. The van der Waals surface area contributed by atoms with Gasteiger partial charge in [-0.25, -0.2) is 9.97 Å². The van der Waals surface area contributed by atoms with Crippen molar-refractivity contribution in [2.24, 2.45) is 0 Å². The number of alkyl halides is 3. The fraction of sp³-hybridized carbons (Fsp3) is 0.318. The van der Waals surface area contributed by atoms with E-state index in [4.69, 9.17) is 4.74 Å². The van der Waals surface area contributed by atoms with Crippen LogP contribution in [0.25, 0.3) is 11.4 Å². The van der Waals surface area contributed by atoms with Gasteiger partial charge in [-0.1, -0.05) is 6.07 Å². The fourth-order valence-electron chi connectivity index (χ4n) is 3.57. The summed E-state index contributed by atoms with van der Waals surface area (Å²) in [7, 11) is 1.62. The predicted octanol–water partition coefficient (Wildman–Crippen LogP) is 4.65. The van der Waals surface area contributed by atoms with Crippen molar-refractivity contribution >= 4 is 11.5 Å². The highest BCUT2D eigenvalue weighted by Gasteiger charge is 2.34. The highest BCUT2D eigenvalue weighted by molar-refractivity contribution is 5.58. The number of nitrogens with zero attached hydrogens (tertiary/aromatic N) is 4. The molecule has 0 bridgehead atoms. The molecule has 1 aromatic carbocycles. The average molecular weight is 429 g/mol. The van der Waals surface area contributed by atoms with Crippen LogP contribution in [0.5, 0.6) is 5.75 Å². The zero-order valence-electron chi connectivity index (χ0n) is 16.9. The summed E-state index contributed by atoms with van der Waals surface area (Å²) < 4.78 is 45.6. The number of rotatable bonds is 5. The van der Waals surface area contributed by atoms with Gasteiger partial charge in [0.25, 0.3) is 0 Å². The van der Waals surface area contributed by atoms with E-state index in [0.29, 0.717) is 18.7 Å². The van der Waals surface area contributed by atoms with Gasteiger partial charge >= 0.3 is 6.18 Å². The lowest BCUT2D eigenvalue weighted by atomic mass is 10.0. The molecule has 0 unspecified atom stereocenters. The first-order valence-corrected chi connectivity index (χ1v) is 9.94. The van der Waals surface area contributed by atoms with Gasteiger partial charge in [0, 0.05) is 54.9 Å². The Hall–Kier alpha value is -3.36. The third-order valence-corrected chi connectivity index (χ3v) is 5.20. The Morgan fingerprint density at radius 1 is 1.03 bits per heavy atom. The molecule has 0 aliphatic carbocycles. The van der Waals surface area contributed by atoms with Crippen LogP contribution in [0.4, 0.5) is 24.7 Å². The molecule has 6 nitrogen and oxygen atoms in total. The number of hydrogen-bond donors (Lipinski definition) is 1. The Labute approximate surface area is 178 Å². The topological polar surface area (TPSA) is 63.2 Å². The predicted molar refractivity (Wildman–Crippen MR) is 112 cm³/mol. The second-order valence-electron chi connectivity index (χ2n) is 7.31. The second kappa shape index (κ2) is 8.79. The van der Waals surface area contributed by atoms with Gasteiger partial charge in [-0.15, -0.1) is 0 Å². The normalized spacial score (nSPS) is 15.0. The number of methoxy groups -OCH3 is 1. The first-order valence-electron chi connectivity index (χ1n) is 9.94. The summed E-state index contributed by atoms with van der Waals surface area (Å²) in [4.78, 5) is 13.9. The number of hydrogen-bond acceptors (Lipinski definition) is 6. The number of nitrogens with one attached hydrogen (secondary N) is 1. The van der Waals surface area contributed by atoms with Crippen LogP contribution in [0.15, 0.2) is 54.9 Å². The van der Waals surface area contributed by atoms with E-state index in [2.05, 4.69) is 20.3 Å². The summed E-state index contributed by atoms with van der Waals surface area (Å²) in [5.74, 6) is 1.10. The van der Waals surface area contributed by atoms with E-state index in [1.54, 1.807) is 19.2 Å². The van der Waals surface area contributed by atoms with Crippen LogP contribution in [-0.4, -0.2) is 41.2 Å². The summed E-state index contributed by atoms with van der Waals surface area (Å²) in [6.07, 6.45) is 0.00868. The van der Waals surface area contributed by atoms with Gasteiger partial charge in [0.1, 0.15) is 11.6 Å². The van der Waals surface area contributed by atoms with E-state index in [1.165, 1.54) is 12.4 Å². The minimum Gasteiger partial charge on any atom is -0.497 e. The first-order chi connectivity index (χ1) is 14.9. The number of halogens is 3. The minimum absolute atomic E-state index is 0.0452. The maximum Gasteiger partial charge on any atom is 0.433 e. The van der Waals surface area contributed by atoms with Gasteiger partial charge in [-0.05, 0) is 37.1 Å². The van der Waals surface area contributed by atoms with Crippen LogP contribution >= 0.6 is 0 Å². The van der Waals surface area contributed by atoms with E-state index >= 15 is 0 Å². The molecule has 0 amide bonds. The molecule has 4 rings (SSSR count). The summed E-state index contributed by atoms with van der Waals surface area (Å²) in [6.45, 7) is 1.18. The molecule has 1 fully saturated rings. The zero-order chi connectivity index (χ0) is 21.8. The van der Waals surface area contributed by atoms with Crippen LogP contribution in [0.2, 0.25) is 0 Å². The van der Waals surface area contributed by atoms with E-state index in [-0.39, 0.29) is 17.7 Å². The van der Waals surface area contributed by atoms with Gasteiger partial charge in [-0.3, -0.25) is 4.98 Å². The molecule has 1 saturated heterocycles. The first kappa shape index (κ1) is 20.9. The summed E-state index contributed by atoms with van der Waals surface area (Å²) >= 11 is 0. The minimum atomic E-state index is -4.55. The quantitative estimate of drug-likeness (QED) is 0.637. The summed E-state index contributed by atoms with van der Waals surface area (Å²) in [6, 6.07) is 12.1. The Balaban J connectivity index is 1.51. The maximum atomic E-state index is 13.5. The molecule has 1 aliphatic heterocycles. The van der Waals surface area contributed by atoms with Crippen LogP contribution < -0.4 is 15.0 Å². The van der Waals surface area contributed by atoms with Crippen molar-refractivity contribution in [3.05, 3.63) is 60.6 Å². The lowest BCUT2D eigenvalue weighted by molar-refractivity contribution is -0.141. The zero-order valence-corrected chi connectivity index (χ0v) is 16.9. The van der Waals surface area contributed by atoms with E-state index in [1.807, 2.05) is 29.2 Å². The van der Waals surface area contributed by atoms with E-state index in [9.17, 15) is 13.2 Å². The van der Waals surface area contributed by atoms with Crippen LogP contribution in [0.3, 0.4) is 0 Å². The summed E-state index contributed by atoms with van der Waals surface area (Å²) in [5.41, 5.74) is 0.511. The molecular formula is C22H22F3N5O. The molecule has 0 radical (unpaired) electrons. The van der Waals surface area contributed by atoms with Crippen molar-refractivity contribution in [1.82, 2.24) is 15.0 Å². The average Bonchev–Trinajstić information content (AvgIpc) is 2.79. The number of benzene rings is 1. The van der Waals surface area contributed by atoms with Crippen molar-refractivity contribution in [3.8, 4) is 17.1 Å². The number of pyridine rings is 1. The van der Waals surface area contributed by atoms with Gasteiger partial charge in [-0.2, -0.15) is 13.2 Å². The molecule has 162 valence electrons. The van der Waals surface area contributed by atoms with Crippen molar-refractivity contribution in [2.45, 2.75) is 25.1 Å². The highest BCUT2D eigenvalue weighted by Crippen LogP contribution is 2.32. The van der Waals surface area contributed by atoms with Crippen molar-refractivity contribution in [3.63, 3.8) is 0 Å². The molecule has 1 N–H and O–H groups in total. The number of anilines is 2. The molecule has 3 aromatic rings. The van der Waals surface area contributed by atoms with Gasteiger partial charge < -0.3 is 15.0 Å². The largest absolute Gasteiger partial charge is 0.497 e. The smallest absolute Gasteiger partial charge is 0.433 e. The number of piperidine rings is 1. The molecule has 9 heteroatoms. The van der Waals surface area contributed by atoms with E-state index < -0.39 is 11.9 Å². The van der Waals surface area contributed by atoms with Crippen LogP contribution in [0, 0.1) is 0 Å². The Bertz CT molecular complexity index is 1020. The SMILES string of the molecule is COc1cccc(NC2CCN(c3cc(C(F)(F)F)nc(-c4ccncc4)n3)CC2)c1. The second-order valence-corrected chi connectivity index (χ2v) is 7.31. The summed E-state index contributed by atoms with van der Waals surface area (Å²) in [5, 5.41) is 3.47. The Morgan fingerprint density at radius 2 is 1.77 bits per heavy atom. The molecule has 0 atom stereocenters. The molecule has 1 aliphatic rings. The molecule has 3 heterocycles. The standard InChI is InChI=1S/C22H22F3N5O/c1-31-18-4-2-3-17(13-18)27-16-7-11-30(12-8-16)20-14-19(22(23,24)25)28-21(29-20)15-5-9-26-10-6-15/h2-6,9-10,13-14,16,27H,7-8,11-12H2,1H3. The highest BCUT2D eigenvalue weighted by atomic mass is 19.4. The number of aromatic nitrogens is 3. The van der Waals surface area contributed by atoms with Crippen molar-refractivity contribution < 1.29 is 17.9 Å². The van der Waals surface area contributed by atoms with Crippen molar-refractivity contribution in [1.29, 1.82) is 0 Å². The van der Waals surface area contributed by atoms with Crippen LogP contribution in [-0.2, 0) is 6.18 Å². The lowest BCUT2D eigenvalue weighted by Gasteiger charge is -2.34. The van der Waals surface area contributed by atoms with E-state index in [0.717, 1.165) is 30.3 Å². The fourth-order valence-corrected chi connectivity index (χ4v) is 3.57. The molecular weight excluding hydrogens is 407 g/mol. The van der Waals surface area contributed by atoms with Gasteiger partial charge in [0.15, 0.2) is 11.5 Å². The third kappa shape index (κ3) is 5.04. The van der Waals surface area contributed by atoms with Gasteiger partial charge in [0.05, 0.1) is 7.11 Å². The molecule has 0 spiro atoms. The van der Waals surface area contributed by atoms with Crippen molar-refractivity contribution in [2.75, 3.05) is 30.4 Å². The molecule has 31 heavy (non-hydrogen) atoms. The third-order valence-electron chi connectivity index (χ3n) is 5.20. The number of ether oxygens (including phenoxy) is 1.